The summed E-state index contributed by atoms with van der Waals surface area (Å²) in [6.07, 6.45) is 0.439. The van der Waals surface area contributed by atoms with Gasteiger partial charge in [0.25, 0.3) is 5.91 Å². The highest BCUT2D eigenvalue weighted by Crippen LogP contribution is 2.19. The molecule has 1 amide bonds. The molecule has 0 aliphatic rings. The maximum atomic E-state index is 11.8. The van der Waals surface area contributed by atoms with Gasteiger partial charge in [0.05, 0.1) is 5.02 Å². The lowest BCUT2D eigenvalue weighted by molar-refractivity contribution is -0.137. The fourth-order valence-corrected chi connectivity index (χ4v) is 1.87. The molecule has 6 heteroatoms. The van der Waals surface area contributed by atoms with Crippen molar-refractivity contribution in [3.05, 3.63) is 32.4 Å². The molecule has 0 bridgehead atoms. The maximum Gasteiger partial charge on any atom is 0.303 e. The molecule has 98 valence electrons. The van der Waals surface area contributed by atoms with E-state index in [0.717, 1.165) is 3.57 Å². The van der Waals surface area contributed by atoms with Crippen LogP contribution in [0, 0.1) is 3.57 Å². The molecule has 1 rings (SSSR count). The van der Waals surface area contributed by atoms with Crippen LogP contribution in [0.4, 0.5) is 0 Å². The number of benzene rings is 1. The van der Waals surface area contributed by atoms with Crippen LogP contribution in [-0.4, -0.2) is 23.0 Å². The lowest BCUT2D eigenvalue weighted by atomic mass is 10.1. The SMILES string of the molecule is CC(CCC(=O)O)NC(=O)c1ccc(I)c(Cl)c1. The summed E-state index contributed by atoms with van der Waals surface area (Å²) in [5, 5.41) is 11.8. The number of hydrogen-bond acceptors (Lipinski definition) is 2. The Balaban J connectivity index is 2.59. The molecule has 4 nitrogen and oxygen atoms in total. The second-order valence-electron chi connectivity index (χ2n) is 3.94. The first-order valence-corrected chi connectivity index (χ1v) is 6.83. The van der Waals surface area contributed by atoms with Crippen molar-refractivity contribution in [1.29, 1.82) is 0 Å². The maximum absolute atomic E-state index is 11.8. The molecule has 0 aromatic heterocycles. The zero-order valence-corrected chi connectivity index (χ0v) is 12.7. The number of amides is 1. The van der Waals surface area contributed by atoms with Crippen LogP contribution in [0.1, 0.15) is 30.1 Å². The number of carbonyl (C=O) groups excluding carboxylic acids is 1. The summed E-state index contributed by atoms with van der Waals surface area (Å²) in [5.41, 5.74) is 0.475. The fraction of sp³-hybridized carbons (Fsp3) is 0.333. The Morgan fingerprint density at radius 2 is 2.17 bits per heavy atom. The van der Waals surface area contributed by atoms with E-state index in [0.29, 0.717) is 17.0 Å². The first-order chi connectivity index (χ1) is 8.40. The van der Waals surface area contributed by atoms with Crippen molar-refractivity contribution in [3.8, 4) is 0 Å². The first kappa shape index (κ1) is 15.2. The van der Waals surface area contributed by atoms with E-state index >= 15 is 0 Å². The van der Waals surface area contributed by atoms with E-state index in [1.165, 1.54) is 0 Å². The average Bonchev–Trinajstić information content (AvgIpc) is 2.30. The predicted octanol–water partition coefficient (Wildman–Crippen LogP) is 2.93. The van der Waals surface area contributed by atoms with Crippen LogP contribution in [-0.2, 0) is 4.79 Å². The van der Waals surface area contributed by atoms with Gasteiger partial charge in [0, 0.05) is 21.6 Å². The van der Waals surface area contributed by atoms with Crippen molar-refractivity contribution in [2.75, 3.05) is 0 Å². The zero-order chi connectivity index (χ0) is 13.7. The number of carbonyl (C=O) groups is 2. The minimum absolute atomic E-state index is 0.0366. The lowest BCUT2D eigenvalue weighted by Gasteiger charge is -2.13. The number of carboxylic acid groups (broad SMARTS) is 1. The second-order valence-corrected chi connectivity index (χ2v) is 5.51. The van der Waals surface area contributed by atoms with E-state index in [-0.39, 0.29) is 18.4 Å². The highest BCUT2D eigenvalue weighted by Gasteiger charge is 2.12. The number of halogens is 2. The molecule has 0 saturated carbocycles. The topological polar surface area (TPSA) is 66.4 Å². The summed E-state index contributed by atoms with van der Waals surface area (Å²) >= 11 is 8.01. The van der Waals surface area contributed by atoms with Crippen LogP contribution in [0.25, 0.3) is 0 Å². The van der Waals surface area contributed by atoms with Gasteiger partial charge in [-0.2, -0.15) is 0 Å². The van der Waals surface area contributed by atoms with Gasteiger partial charge in [-0.1, -0.05) is 11.6 Å². The Morgan fingerprint density at radius 1 is 1.50 bits per heavy atom. The third kappa shape index (κ3) is 4.81. The first-order valence-electron chi connectivity index (χ1n) is 5.38. The smallest absolute Gasteiger partial charge is 0.303 e. The van der Waals surface area contributed by atoms with Gasteiger partial charge in [0.1, 0.15) is 0 Å². The Hall–Kier alpha value is -0.820. The molecule has 0 spiro atoms. The molecule has 1 unspecified atom stereocenters. The molecule has 1 atom stereocenters. The fourth-order valence-electron chi connectivity index (χ4n) is 1.36. The van der Waals surface area contributed by atoms with E-state index in [4.69, 9.17) is 16.7 Å². The van der Waals surface area contributed by atoms with Gasteiger partial charge in [-0.05, 0) is 54.1 Å². The summed E-state index contributed by atoms with van der Waals surface area (Å²) < 4.78 is 0.879. The molecule has 1 aromatic carbocycles. The van der Waals surface area contributed by atoms with Gasteiger partial charge < -0.3 is 10.4 Å². The van der Waals surface area contributed by atoms with Gasteiger partial charge in [-0.25, -0.2) is 0 Å². The van der Waals surface area contributed by atoms with Crippen LogP contribution in [0.3, 0.4) is 0 Å². The monoisotopic (exact) mass is 381 g/mol. The number of aliphatic carboxylic acids is 1. The molecular weight excluding hydrogens is 368 g/mol. The molecule has 0 fully saturated rings. The summed E-state index contributed by atoms with van der Waals surface area (Å²) in [6.45, 7) is 1.77. The summed E-state index contributed by atoms with van der Waals surface area (Å²) in [4.78, 5) is 22.3. The van der Waals surface area contributed by atoms with Gasteiger partial charge >= 0.3 is 5.97 Å². The molecule has 0 radical (unpaired) electrons. The summed E-state index contributed by atoms with van der Waals surface area (Å²) in [6, 6.07) is 4.86. The van der Waals surface area contributed by atoms with Crippen molar-refractivity contribution in [2.24, 2.45) is 0 Å². The predicted molar refractivity (Wildman–Crippen MR) is 78.0 cm³/mol. The Bertz CT molecular complexity index is 465. The molecule has 0 aliphatic carbocycles. The molecule has 0 aliphatic heterocycles. The number of rotatable bonds is 5. The average molecular weight is 382 g/mol. The number of hydrogen-bond donors (Lipinski definition) is 2. The second kappa shape index (κ2) is 6.94. The summed E-state index contributed by atoms with van der Waals surface area (Å²) in [7, 11) is 0. The highest BCUT2D eigenvalue weighted by atomic mass is 127. The van der Waals surface area contributed by atoms with Gasteiger partial charge in [0.2, 0.25) is 0 Å². The Labute approximate surface area is 124 Å². The quantitative estimate of drug-likeness (QED) is 0.771. The summed E-state index contributed by atoms with van der Waals surface area (Å²) in [5.74, 6) is -1.11. The third-order valence-corrected chi connectivity index (χ3v) is 3.92. The standard InChI is InChI=1S/C12H13ClINO3/c1-7(2-5-11(16)17)15-12(18)8-3-4-10(14)9(13)6-8/h3-4,6-7H,2,5H2,1H3,(H,15,18)(H,16,17). The lowest BCUT2D eigenvalue weighted by Crippen LogP contribution is -2.32. The minimum atomic E-state index is -0.867. The van der Waals surface area contributed by atoms with Crippen LogP contribution >= 0.6 is 34.2 Å². The molecule has 2 N–H and O–H groups in total. The minimum Gasteiger partial charge on any atom is -0.481 e. The van der Waals surface area contributed by atoms with Gasteiger partial charge in [-0.15, -0.1) is 0 Å². The van der Waals surface area contributed by atoms with E-state index < -0.39 is 5.97 Å². The molecule has 1 aromatic rings. The van der Waals surface area contributed by atoms with E-state index in [1.807, 2.05) is 0 Å². The van der Waals surface area contributed by atoms with Crippen LogP contribution in [0.15, 0.2) is 18.2 Å². The van der Waals surface area contributed by atoms with E-state index in [1.54, 1.807) is 25.1 Å². The van der Waals surface area contributed by atoms with Crippen LogP contribution in [0.2, 0.25) is 5.02 Å². The van der Waals surface area contributed by atoms with Crippen LogP contribution < -0.4 is 5.32 Å². The largest absolute Gasteiger partial charge is 0.481 e. The van der Waals surface area contributed by atoms with Gasteiger partial charge in [0.15, 0.2) is 0 Å². The third-order valence-electron chi connectivity index (χ3n) is 2.35. The van der Waals surface area contributed by atoms with Crippen molar-refractivity contribution in [1.82, 2.24) is 5.32 Å². The van der Waals surface area contributed by atoms with E-state index in [2.05, 4.69) is 27.9 Å². The molecular formula is C12H13ClINO3. The van der Waals surface area contributed by atoms with Crippen molar-refractivity contribution < 1.29 is 14.7 Å². The molecule has 18 heavy (non-hydrogen) atoms. The number of carboxylic acids is 1. The Morgan fingerprint density at radius 3 is 2.72 bits per heavy atom. The van der Waals surface area contributed by atoms with E-state index in [9.17, 15) is 9.59 Å². The van der Waals surface area contributed by atoms with Gasteiger partial charge in [-0.3, -0.25) is 9.59 Å². The number of nitrogens with one attached hydrogen (secondary N) is 1. The Kier molecular flexibility index (Phi) is 5.87. The highest BCUT2D eigenvalue weighted by molar-refractivity contribution is 14.1. The van der Waals surface area contributed by atoms with Crippen molar-refractivity contribution in [2.45, 2.75) is 25.8 Å². The molecule has 0 saturated heterocycles. The van der Waals surface area contributed by atoms with Crippen molar-refractivity contribution >= 4 is 46.1 Å². The van der Waals surface area contributed by atoms with Crippen LogP contribution in [0.5, 0.6) is 0 Å². The zero-order valence-electron chi connectivity index (χ0n) is 9.74. The molecule has 0 heterocycles. The van der Waals surface area contributed by atoms with Crippen molar-refractivity contribution in [3.63, 3.8) is 0 Å². The normalized spacial score (nSPS) is 11.9.